The average Bonchev–Trinajstić information content (AvgIpc) is 3.37. The molecule has 3 atom stereocenters. The second-order valence-corrected chi connectivity index (χ2v) is 10.4. The number of hydrogen-bond acceptors (Lipinski definition) is 4. The number of hydrogen-bond donors (Lipinski definition) is 2. The molecule has 1 aliphatic heterocycles. The third kappa shape index (κ3) is 3.60. The molecule has 7 nitrogen and oxygen atoms in total. The molecule has 2 aromatic rings. The maximum atomic E-state index is 13.5. The number of likely N-dealkylation sites (tertiary alicyclic amines) is 1. The van der Waals surface area contributed by atoms with Crippen molar-refractivity contribution in [3.05, 3.63) is 59.7 Å². The van der Waals surface area contributed by atoms with E-state index < -0.39 is 23.5 Å². The number of nitrogens with one attached hydrogen (secondary N) is 1. The first kappa shape index (κ1) is 22.1. The van der Waals surface area contributed by atoms with E-state index in [0.717, 1.165) is 41.5 Å². The lowest BCUT2D eigenvalue weighted by atomic mass is 9.82. The summed E-state index contributed by atoms with van der Waals surface area (Å²) in [5.41, 5.74) is 3.78. The fourth-order valence-corrected chi connectivity index (χ4v) is 6.65. The minimum atomic E-state index is -0.826. The Morgan fingerprint density at radius 1 is 1.00 bits per heavy atom. The number of carbonyl (C=O) groups is 3. The van der Waals surface area contributed by atoms with Crippen molar-refractivity contribution in [2.75, 3.05) is 13.2 Å². The van der Waals surface area contributed by atoms with Crippen molar-refractivity contribution in [3.63, 3.8) is 0 Å². The lowest BCUT2D eigenvalue weighted by Gasteiger charge is -2.31. The van der Waals surface area contributed by atoms with Crippen LogP contribution in [0.3, 0.4) is 0 Å². The average molecular weight is 475 g/mol. The van der Waals surface area contributed by atoms with Crippen molar-refractivity contribution >= 4 is 18.0 Å². The third-order valence-electron chi connectivity index (χ3n) is 8.60. The van der Waals surface area contributed by atoms with Gasteiger partial charge in [0.15, 0.2) is 0 Å². The summed E-state index contributed by atoms with van der Waals surface area (Å²) in [6.45, 7) is 0.630. The van der Waals surface area contributed by atoms with Gasteiger partial charge in [-0.2, -0.15) is 0 Å². The predicted octanol–water partition coefficient (Wildman–Crippen LogP) is 4.16. The van der Waals surface area contributed by atoms with Crippen LogP contribution < -0.4 is 5.32 Å². The van der Waals surface area contributed by atoms with Crippen LogP contribution >= 0.6 is 0 Å². The van der Waals surface area contributed by atoms with Crippen molar-refractivity contribution in [2.24, 2.45) is 11.3 Å². The van der Waals surface area contributed by atoms with Gasteiger partial charge in [0, 0.05) is 18.5 Å². The SMILES string of the molecule is O=C(NC(C(=O)N1CCC2(C(=O)O)CCCC12)C1CC1)OCC1c2ccccc2-c2ccccc21. The summed E-state index contributed by atoms with van der Waals surface area (Å²) >= 11 is 0. The predicted molar refractivity (Wildman–Crippen MR) is 129 cm³/mol. The molecular formula is C28H30N2O5. The van der Waals surface area contributed by atoms with Gasteiger partial charge in [-0.25, -0.2) is 4.79 Å². The Kier molecular flexibility index (Phi) is 5.31. The number of carboxylic acids is 1. The van der Waals surface area contributed by atoms with Crippen LogP contribution in [0.25, 0.3) is 11.1 Å². The normalized spacial score (nSPS) is 25.5. The summed E-state index contributed by atoms with van der Waals surface area (Å²) in [6.07, 6.45) is 3.79. The third-order valence-corrected chi connectivity index (χ3v) is 8.60. The van der Waals surface area contributed by atoms with Crippen LogP contribution in [0, 0.1) is 11.3 Å². The first-order chi connectivity index (χ1) is 17.0. The van der Waals surface area contributed by atoms with Crippen LogP contribution in [-0.4, -0.2) is 53.2 Å². The first-order valence-electron chi connectivity index (χ1n) is 12.6. The van der Waals surface area contributed by atoms with Crippen LogP contribution in [0.4, 0.5) is 4.79 Å². The van der Waals surface area contributed by atoms with Crippen molar-refractivity contribution < 1.29 is 24.2 Å². The molecule has 4 aliphatic rings. The largest absolute Gasteiger partial charge is 0.481 e. The van der Waals surface area contributed by atoms with Gasteiger partial charge in [-0.15, -0.1) is 0 Å². The second kappa shape index (κ2) is 8.40. The molecule has 1 heterocycles. The molecule has 0 spiro atoms. The molecule has 3 fully saturated rings. The topological polar surface area (TPSA) is 95.9 Å². The Hall–Kier alpha value is -3.35. The first-order valence-corrected chi connectivity index (χ1v) is 12.6. The summed E-state index contributed by atoms with van der Waals surface area (Å²) in [5, 5.41) is 12.7. The van der Waals surface area contributed by atoms with Crippen LogP contribution in [-0.2, 0) is 14.3 Å². The molecule has 6 rings (SSSR count). The molecule has 7 heteroatoms. The van der Waals surface area contributed by atoms with Crippen molar-refractivity contribution in [1.29, 1.82) is 0 Å². The molecule has 182 valence electrons. The Balaban J connectivity index is 1.14. The number of nitrogens with zero attached hydrogens (tertiary/aromatic N) is 1. The fourth-order valence-electron chi connectivity index (χ4n) is 6.65. The number of alkyl carbamates (subject to hydrolysis) is 1. The highest BCUT2D eigenvalue weighted by Crippen LogP contribution is 2.50. The van der Waals surface area contributed by atoms with Crippen molar-refractivity contribution in [3.8, 4) is 11.1 Å². The molecule has 3 aliphatic carbocycles. The second-order valence-electron chi connectivity index (χ2n) is 10.4. The maximum absolute atomic E-state index is 13.5. The zero-order chi connectivity index (χ0) is 24.2. The quantitative estimate of drug-likeness (QED) is 0.656. The van der Waals surface area contributed by atoms with Gasteiger partial charge in [0.25, 0.3) is 0 Å². The number of ether oxygens (including phenoxy) is 1. The highest BCUT2D eigenvalue weighted by molar-refractivity contribution is 5.88. The van der Waals surface area contributed by atoms with E-state index >= 15 is 0 Å². The Bertz CT molecular complexity index is 1150. The van der Waals surface area contributed by atoms with E-state index in [-0.39, 0.29) is 30.4 Å². The molecule has 3 unspecified atom stereocenters. The van der Waals surface area contributed by atoms with Gasteiger partial charge >= 0.3 is 12.1 Å². The van der Waals surface area contributed by atoms with E-state index in [2.05, 4.69) is 29.6 Å². The summed E-state index contributed by atoms with van der Waals surface area (Å²) in [7, 11) is 0. The highest BCUT2D eigenvalue weighted by atomic mass is 16.5. The zero-order valence-corrected chi connectivity index (χ0v) is 19.6. The van der Waals surface area contributed by atoms with E-state index in [4.69, 9.17) is 4.74 Å². The standard InChI is InChI=1S/C28H30N2O5/c31-25(30-15-14-28(26(32)33)13-5-10-23(28)30)24(17-11-12-17)29-27(34)35-16-22-20-8-3-1-6-18(20)19-7-2-4-9-21(19)22/h1-4,6-9,17,22-24H,5,10-16H2,(H,29,34)(H,32,33). The van der Waals surface area contributed by atoms with Crippen molar-refractivity contribution in [1.82, 2.24) is 10.2 Å². The van der Waals surface area contributed by atoms with Crippen LogP contribution in [0.2, 0.25) is 0 Å². The maximum Gasteiger partial charge on any atom is 0.407 e. The van der Waals surface area contributed by atoms with E-state index in [1.54, 1.807) is 4.90 Å². The number of carboxylic acid groups (broad SMARTS) is 1. The Morgan fingerprint density at radius 3 is 2.29 bits per heavy atom. The molecule has 0 bridgehead atoms. The molecule has 0 aromatic heterocycles. The minimum Gasteiger partial charge on any atom is -0.481 e. The van der Waals surface area contributed by atoms with Gasteiger partial charge in [-0.05, 0) is 60.3 Å². The summed E-state index contributed by atoms with van der Waals surface area (Å²) in [4.78, 5) is 40.2. The molecule has 2 N–H and O–H groups in total. The molecule has 2 saturated carbocycles. The lowest BCUT2D eigenvalue weighted by Crippen LogP contribution is -2.53. The van der Waals surface area contributed by atoms with E-state index in [9.17, 15) is 19.5 Å². The molecule has 1 saturated heterocycles. The summed E-state index contributed by atoms with van der Waals surface area (Å²) in [5.74, 6) is -0.917. The number of amides is 2. The Labute approximate surface area is 204 Å². The fraction of sp³-hybridized carbons (Fsp3) is 0.464. The van der Waals surface area contributed by atoms with Gasteiger partial charge in [-0.3, -0.25) is 9.59 Å². The van der Waals surface area contributed by atoms with Crippen LogP contribution in [0.1, 0.15) is 55.6 Å². The molecule has 0 radical (unpaired) electrons. The summed E-state index contributed by atoms with van der Waals surface area (Å²) in [6, 6.07) is 15.4. The van der Waals surface area contributed by atoms with Crippen LogP contribution in [0.15, 0.2) is 48.5 Å². The summed E-state index contributed by atoms with van der Waals surface area (Å²) < 4.78 is 5.69. The van der Waals surface area contributed by atoms with Gasteiger partial charge in [-0.1, -0.05) is 55.0 Å². The van der Waals surface area contributed by atoms with Crippen LogP contribution in [0.5, 0.6) is 0 Å². The number of benzene rings is 2. The van der Waals surface area contributed by atoms with E-state index in [0.29, 0.717) is 25.8 Å². The molecule has 2 aromatic carbocycles. The van der Waals surface area contributed by atoms with Gasteiger partial charge < -0.3 is 20.1 Å². The highest BCUT2D eigenvalue weighted by Gasteiger charge is 2.58. The number of rotatable bonds is 6. The Morgan fingerprint density at radius 2 is 1.66 bits per heavy atom. The molecule has 35 heavy (non-hydrogen) atoms. The van der Waals surface area contributed by atoms with Gasteiger partial charge in [0.05, 0.1) is 5.41 Å². The van der Waals surface area contributed by atoms with E-state index in [1.807, 2.05) is 24.3 Å². The zero-order valence-electron chi connectivity index (χ0n) is 19.6. The number of fused-ring (bicyclic) bond motifs is 4. The number of aliphatic carboxylic acids is 1. The van der Waals surface area contributed by atoms with Gasteiger partial charge in [0.1, 0.15) is 12.6 Å². The monoisotopic (exact) mass is 474 g/mol. The van der Waals surface area contributed by atoms with Gasteiger partial charge in [0.2, 0.25) is 5.91 Å². The number of carbonyl (C=O) groups excluding carboxylic acids is 2. The minimum absolute atomic E-state index is 0.0449. The molecular weight excluding hydrogens is 444 g/mol. The van der Waals surface area contributed by atoms with E-state index in [1.165, 1.54) is 0 Å². The van der Waals surface area contributed by atoms with Crippen molar-refractivity contribution in [2.45, 2.75) is 56.5 Å². The molecule has 2 amide bonds. The smallest absolute Gasteiger partial charge is 0.407 e. The lowest BCUT2D eigenvalue weighted by molar-refractivity contribution is -0.150.